The summed E-state index contributed by atoms with van der Waals surface area (Å²) in [5, 5.41) is 12.1. The van der Waals surface area contributed by atoms with Gasteiger partial charge < -0.3 is 5.32 Å². The van der Waals surface area contributed by atoms with E-state index >= 15 is 0 Å². The number of nitriles is 1. The van der Waals surface area contributed by atoms with Gasteiger partial charge in [-0.3, -0.25) is 0 Å². The molecule has 1 unspecified atom stereocenters. The van der Waals surface area contributed by atoms with Crippen LogP contribution in [0.2, 0.25) is 0 Å². The normalized spacial score (nSPS) is 12.8. The Morgan fingerprint density at radius 1 is 1.29 bits per heavy atom. The average molecular weight is 375 g/mol. The highest BCUT2D eigenvalue weighted by molar-refractivity contribution is 9.11. The lowest BCUT2D eigenvalue weighted by molar-refractivity contribution is -0.137. The molecule has 110 valence electrons. The Morgan fingerprint density at radius 3 is 2.52 bits per heavy atom. The number of benzene rings is 1. The average Bonchev–Trinajstić information content (AvgIpc) is 2.84. The second kappa shape index (κ2) is 6.08. The zero-order valence-corrected chi connectivity index (χ0v) is 13.2. The number of alkyl halides is 3. The predicted molar refractivity (Wildman–Crippen MR) is 80.2 cm³/mol. The van der Waals surface area contributed by atoms with Crippen LogP contribution >= 0.6 is 27.3 Å². The molecule has 0 saturated carbocycles. The van der Waals surface area contributed by atoms with Crippen molar-refractivity contribution in [2.24, 2.45) is 0 Å². The van der Waals surface area contributed by atoms with Crippen molar-refractivity contribution in [3.63, 3.8) is 0 Å². The van der Waals surface area contributed by atoms with Gasteiger partial charge in [-0.2, -0.15) is 18.4 Å². The van der Waals surface area contributed by atoms with Crippen molar-refractivity contribution < 1.29 is 13.2 Å². The second-order valence-corrected chi connectivity index (χ2v) is 6.87. The molecule has 0 saturated heterocycles. The maximum absolute atomic E-state index is 12.6. The highest BCUT2D eigenvalue weighted by Gasteiger charge is 2.31. The van der Waals surface area contributed by atoms with Crippen LogP contribution in [-0.2, 0) is 6.18 Å². The van der Waals surface area contributed by atoms with Gasteiger partial charge in [0.05, 0.1) is 26.6 Å². The van der Waals surface area contributed by atoms with E-state index in [9.17, 15) is 13.2 Å². The number of rotatable bonds is 3. The summed E-state index contributed by atoms with van der Waals surface area (Å²) < 4.78 is 38.9. The maximum Gasteiger partial charge on any atom is 0.416 e. The minimum Gasteiger partial charge on any atom is -0.377 e. The summed E-state index contributed by atoms with van der Waals surface area (Å²) in [6.45, 7) is 1.89. The molecule has 1 aromatic carbocycles. The van der Waals surface area contributed by atoms with E-state index in [1.165, 1.54) is 17.4 Å². The Labute approximate surface area is 132 Å². The fourth-order valence-electron chi connectivity index (χ4n) is 1.80. The number of anilines is 1. The molecule has 0 aliphatic carbocycles. The van der Waals surface area contributed by atoms with Gasteiger partial charge in [0, 0.05) is 4.88 Å². The van der Waals surface area contributed by atoms with Crippen LogP contribution in [0, 0.1) is 11.3 Å². The van der Waals surface area contributed by atoms with Crippen molar-refractivity contribution in [2.45, 2.75) is 19.1 Å². The van der Waals surface area contributed by atoms with Crippen molar-refractivity contribution in [1.29, 1.82) is 5.26 Å². The Kier molecular flexibility index (Phi) is 4.59. The topological polar surface area (TPSA) is 35.8 Å². The molecule has 1 heterocycles. The van der Waals surface area contributed by atoms with E-state index in [-0.39, 0.29) is 11.6 Å². The minimum atomic E-state index is -4.45. The summed E-state index contributed by atoms with van der Waals surface area (Å²) >= 11 is 4.89. The number of halogens is 4. The van der Waals surface area contributed by atoms with Gasteiger partial charge in [0.1, 0.15) is 6.07 Å². The smallest absolute Gasteiger partial charge is 0.377 e. The minimum absolute atomic E-state index is 0.0210. The molecule has 0 spiro atoms. The molecule has 2 rings (SSSR count). The molecule has 1 atom stereocenters. The third-order valence-electron chi connectivity index (χ3n) is 2.86. The standard InChI is InChI=1S/C14H10BrF3N2S/c1-8(12-4-5-13(15)21-12)20-11-3-2-10(14(16,17)18)6-9(11)7-19/h2-6,8,20H,1H3. The molecule has 21 heavy (non-hydrogen) atoms. The van der Waals surface area contributed by atoms with Crippen LogP contribution < -0.4 is 5.32 Å². The Hall–Kier alpha value is -1.52. The first-order valence-electron chi connectivity index (χ1n) is 5.94. The number of thiophene rings is 1. The highest BCUT2D eigenvalue weighted by Crippen LogP contribution is 2.34. The molecular weight excluding hydrogens is 365 g/mol. The van der Waals surface area contributed by atoms with Crippen LogP contribution in [0.3, 0.4) is 0 Å². The van der Waals surface area contributed by atoms with Crippen LogP contribution in [0.5, 0.6) is 0 Å². The SMILES string of the molecule is CC(Nc1ccc(C(F)(F)F)cc1C#N)c1ccc(Br)s1. The Morgan fingerprint density at radius 2 is 2.00 bits per heavy atom. The quantitative estimate of drug-likeness (QED) is 0.761. The number of nitrogens with one attached hydrogen (secondary N) is 1. The van der Waals surface area contributed by atoms with Gasteiger partial charge in [-0.1, -0.05) is 0 Å². The van der Waals surface area contributed by atoms with Gasteiger partial charge in [0.2, 0.25) is 0 Å². The molecule has 1 aromatic heterocycles. The van der Waals surface area contributed by atoms with E-state index in [0.29, 0.717) is 5.69 Å². The molecule has 2 aromatic rings. The van der Waals surface area contributed by atoms with Crippen LogP contribution in [0.4, 0.5) is 18.9 Å². The lowest BCUT2D eigenvalue weighted by atomic mass is 10.1. The zero-order valence-electron chi connectivity index (χ0n) is 10.8. The van der Waals surface area contributed by atoms with E-state index in [2.05, 4.69) is 21.2 Å². The van der Waals surface area contributed by atoms with Crippen molar-refractivity contribution >= 4 is 33.0 Å². The summed E-state index contributed by atoms with van der Waals surface area (Å²) in [5.74, 6) is 0. The van der Waals surface area contributed by atoms with Gasteiger partial charge in [-0.05, 0) is 53.2 Å². The van der Waals surface area contributed by atoms with Gasteiger partial charge in [0.25, 0.3) is 0 Å². The molecule has 0 aliphatic heterocycles. The maximum atomic E-state index is 12.6. The molecule has 0 radical (unpaired) electrons. The summed E-state index contributed by atoms with van der Waals surface area (Å²) in [6.07, 6.45) is -4.45. The number of hydrogen-bond donors (Lipinski definition) is 1. The molecule has 7 heteroatoms. The first-order valence-corrected chi connectivity index (χ1v) is 7.55. The van der Waals surface area contributed by atoms with Crippen LogP contribution in [-0.4, -0.2) is 0 Å². The summed E-state index contributed by atoms with van der Waals surface area (Å²) in [6, 6.07) is 8.64. The van der Waals surface area contributed by atoms with Crippen molar-refractivity contribution in [3.8, 4) is 6.07 Å². The predicted octanol–water partition coefficient (Wildman–Crippen LogP) is 5.57. The van der Waals surface area contributed by atoms with Gasteiger partial charge in [-0.15, -0.1) is 11.3 Å². The molecular formula is C14H10BrF3N2S. The van der Waals surface area contributed by atoms with E-state index in [1.54, 1.807) is 6.07 Å². The number of hydrogen-bond acceptors (Lipinski definition) is 3. The first-order chi connectivity index (χ1) is 9.81. The van der Waals surface area contributed by atoms with Crippen molar-refractivity contribution in [3.05, 3.63) is 50.1 Å². The van der Waals surface area contributed by atoms with E-state index < -0.39 is 11.7 Å². The third-order valence-corrected chi connectivity index (χ3v) is 4.67. The van der Waals surface area contributed by atoms with Crippen molar-refractivity contribution in [2.75, 3.05) is 5.32 Å². The summed E-state index contributed by atoms with van der Waals surface area (Å²) in [4.78, 5) is 1.02. The van der Waals surface area contributed by atoms with Crippen LogP contribution in [0.15, 0.2) is 34.1 Å². The lowest BCUT2D eigenvalue weighted by Crippen LogP contribution is -2.09. The fraction of sp³-hybridized carbons (Fsp3) is 0.214. The van der Waals surface area contributed by atoms with E-state index in [4.69, 9.17) is 5.26 Å². The molecule has 2 nitrogen and oxygen atoms in total. The monoisotopic (exact) mass is 374 g/mol. The number of nitrogens with zero attached hydrogens (tertiary/aromatic N) is 1. The molecule has 0 aliphatic rings. The molecule has 0 amide bonds. The molecule has 0 bridgehead atoms. The van der Waals surface area contributed by atoms with Crippen LogP contribution in [0.25, 0.3) is 0 Å². The zero-order chi connectivity index (χ0) is 15.6. The lowest BCUT2D eigenvalue weighted by Gasteiger charge is -2.16. The van der Waals surface area contributed by atoms with Gasteiger partial charge >= 0.3 is 6.18 Å². The highest BCUT2D eigenvalue weighted by atomic mass is 79.9. The van der Waals surface area contributed by atoms with E-state index in [1.807, 2.05) is 19.1 Å². The second-order valence-electron chi connectivity index (χ2n) is 4.38. The van der Waals surface area contributed by atoms with Gasteiger partial charge in [-0.25, -0.2) is 0 Å². The summed E-state index contributed by atoms with van der Waals surface area (Å²) in [7, 11) is 0. The van der Waals surface area contributed by atoms with E-state index in [0.717, 1.165) is 20.8 Å². The Balaban J connectivity index is 2.26. The summed E-state index contributed by atoms with van der Waals surface area (Å²) in [5.41, 5.74) is -0.453. The Bertz CT molecular complexity index is 688. The fourth-order valence-corrected chi connectivity index (χ4v) is 3.23. The van der Waals surface area contributed by atoms with Crippen molar-refractivity contribution in [1.82, 2.24) is 0 Å². The molecule has 0 fully saturated rings. The first kappa shape index (κ1) is 15.9. The third kappa shape index (κ3) is 3.77. The largest absolute Gasteiger partial charge is 0.416 e. The van der Waals surface area contributed by atoms with Gasteiger partial charge in [0.15, 0.2) is 0 Å². The van der Waals surface area contributed by atoms with Crippen LogP contribution in [0.1, 0.15) is 29.0 Å². The molecule has 1 N–H and O–H groups in total.